The smallest absolute Gasteiger partial charge is 0.0345 e. The quantitative estimate of drug-likeness (QED) is 0.877. The molecule has 1 saturated heterocycles. The minimum absolute atomic E-state index is 0.713. The molecule has 0 bridgehead atoms. The van der Waals surface area contributed by atoms with Crippen molar-refractivity contribution >= 4 is 5.69 Å². The zero-order chi connectivity index (χ0) is 12.9. The number of benzene rings is 1. The fraction of sp³-hybridized carbons (Fsp3) is 0.647. The van der Waals surface area contributed by atoms with E-state index in [1.54, 1.807) is 0 Å². The lowest BCUT2D eigenvalue weighted by Gasteiger charge is -2.26. The van der Waals surface area contributed by atoms with Crippen LogP contribution in [-0.2, 0) is 6.54 Å². The first-order valence-corrected chi connectivity index (χ1v) is 7.98. The average molecular weight is 258 g/mol. The molecule has 2 fully saturated rings. The van der Waals surface area contributed by atoms with E-state index >= 15 is 0 Å². The third-order valence-electron chi connectivity index (χ3n) is 4.51. The Morgan fingerprint density at radius 2 is 1.79 bits per heavy atom. The molecule has 19 heavy (non-hydrogen) atoms. The number of rotatable bonds is 4. The van der Waals surface area contributed by atoms with Crippen LogP contribution in [0.1, 0.15) is 50.5 Å². The maximum absolute atomic E-state index is 3.70. The van der Waals surface area contributed by atoms with Crippen LogP contribution in [0.3, 0.4) is 0 Å². The Kier molecular flexibility index (Phi) is 4.39. The van der Waals surface area contributed by atoms with Gasteiger partial charge in [-0.2, -0.15) is 0 Å². The molecule has 1 saturated carbocycles. The van der Waals surface area contributed by atoms with Crippen molar-refractivity contribution in [3.05, 3.63) is 29.8 Å². The minimum atomic E-state index is 0.713. The van der Waals surface area contributed by atoms with Crippen molar-refractivity contribution in [2.75, 3.05) is 18.4 Å². The van der Waals surface area contributed by atoms with Gasteiger partial charge in [0.25, 0.3) is 0 Å². The molecule has 2 nitrogen and oxygen atoms in total. The molecule has 1 N–H and O–H groups in total. The van der Waals surface area contributed by atoms with Gasteiger partial charge < -0.3 is 5.32 Å². The first-order valence-electron chi connectivity index (χ1n) is 7.98. The van der Waals surface area contributed by atoms with Crippen molar-refractivity contribution in [1.82, 2.24) is 4.90 Å². The highest BCUT2D eigenvalue weighted by atomic mass is 15.1. The van der Waals surface area contributed by atoms with Gasteiger partial charge in [-0.05, 0) is 56.5 Å². The van der Waals surface area contributed by atoms with Gasteiger partial charge in [0.2, 0.25) is 0 Å². The summed E-state index contributed by atoms with van der Waals surface area (Å²) in [5.74, 6) is 0. The SMILES string of the molecule is c1cc(CN2CCCCC2)cc(NC2CCCC2)c1. The molecule has 1 aliphatic heterocycles. The van der Waals surface area contributed by atoms with Gasteiger partial charge >= 0.3 is 0 Å². The van der Waals surface area contributed by atoms with Crippen molar-refractivity contribution in [2.45, 2.75) is 57.5 Å². The van der Waals surface area contributed by atoms with Crippen LogP contribution in [0.5, 0.6) is 0 Å². The van der Waals surface area contributed by atoms with E-state index in [0.29, 0.717) is 6.04 Å². The molecule has 0 unspecified atom stereocenters. The van der Waals surface area contributed by atoms with Gasteiger partial charge in [0, 0.05) is 18.3 Å². The van der Waals surface area contributed by atoms with Crippen LogP contribution in [0.25, 0.3) is 0 Å². The van der Waals surface area contributed by atoms with E-state index in [-0.39, 0.29) is 0 Å². The third kappa shape index (κ3) is 3.73. The maximum atomic E-state index is 3.70. The van der Waals surface area contributed by atoms with Crippen molar-refractivity contribution in [1.29, 1.82) is 0 Å². The van der Waals surface area contributed by atoms with Gasteiger partial charge in [-0.3, -0.25) is 4.90 Å². The normalized spacial score (nSPS) is 21.7. The van der Waals surface area contributed by atoms with Gasteiger partial charge in [-0.15, -0.1) is 0 Å². The summed E-state index contributed by atoms with van der Waals surface area (Å²) in [6.45, 7) is 3.68. The summed E-state index contributed by atoms with van der Waals surface area (Å²) in [5.41, 5.74) is 2.78. The van der Waals surface area contributed by atoms with Crippen molar-refractivity contribution in [2.24, 2.45) is 0 Å². The molecule has 3 rings (SSSR count). The number of likely N-dealkylation sites (tertiary alicyclic amines) is 1. The molecule has 0 amide bonds. The second kappa shape index (κ2) is 6.42. The molecule has 1 heterocycles. The van der Waals surface area contributed by atoms with Gasteiger partial charge in [0.1, 0.15) is 0 Å². The van der Waals surface area contributed by atoms with Crippen LogP contribution in [0.15, 0.2) is 24.3 Å². The maximum Gasteiger partial charge on any atom is 0.0345 e. The fourth-order valence-corrected chi connectivity index (χ4v) is 3.44. The van der Waals surface area contributed by atoms with Crippen LogP contribution in [0, 0.1) is 0 Å². The molecule has 104 valence electrons. The summed E-state index contributed by atoms with van der Waals surface area (Å²) in [7, 11) is 0. The zero-order valence-electron chi connectivity index (χ0n) is 11.9. The molecule has 1 aromatic rings. The van der Waals surface area contributed by atoms with Crippen LogP contribution >= 0.6 is 0 Å². The van der Waals surface area contributed by atoms with Gasteiger partial charge in [-0.25, -0.2) is 0 Å². The molecule has 0 aromatic heterocycles. The number of hydrogen-bond donors (Lipinski definition) is 1. The number of piperidine rings is 1. The third-order valence-corrected chi connectivity index (χ3v) is 4.51. The number of hydrogen-bond acceptors (Lipinski definition) is 2. The lowest BCUT2D eigenvalue weighted by Crippen LogP contribution is -2.29. The summed E-state index contributed by atoms with van der Waals surface area (Å²) in [4.78, 5) is 2.60. The molecule has 2 aliphatic rings. The summed E-state index contributed by atoms with van der Waals surface area (Å²) >= 11 is 0. The van der Waals surface area contributed by atoms with E-state index in [0.717, 1.165) is 6.54 Å². The largest absolute Gasteiger partial charge is 0.382 e. The zero-order valence-corrected chi connectivity index (χ0v) is 11.9. The Bertz CT molecular complexity index is 390. The summed E-state index contributed by atoms with van der Waals surface area (Å²) in [6.07, 6.45) is 9.64. The molecule has 1 aliphatic carbocycles. The van der Waals surface area contributed by atoms with E-state index in [1.165, 1.54) is 69.3 Å². The number of nitrogens with zero attached hydrogens (tertiary/aromatic N) is 1. The summed E-state index contributed by atoms with van der Waals surface area (Å²) in [6, 6.07) is 9.76. The van der Waals surface area contributed by atoms with Crippen molar-refractivity contribution in [3.63, 3.8) is 0 Å². The van der Waals surface area contributed by atoms with Crippen LogP contribution in [-0.4, -0.2) is 24.0 Å². The topological polar surface area (TPSA) is 15.3 Å². The van der Waals surface area contributed by atoms with Gasteiger partial charge in [-0.1, -0.05) is 31.4 Å². The minimum Gasteiger partial charge on any atom is -0.382 e. The Morgan fingerprint density at radius 3 is 2.58 bits per heavy atom. The summed E-state index contributed by atoms with van der Waals surface area (Å²) in [5, 5.41) is 3.70. The molecule has 0 atom stereocenters. The average Bonchev–Trinajstić information content (AvgIpc) is 2.93. The molecule has 2 heteroatoms. The predicted octanol–water partition coefficient (Wildman–Crippen LogP) is 4.03. The van der Waals surface area contributed by atoms with E-state index in [4.69, 9.17) is 0 Å². The first kappa shape index (κ1) is 13.0. The molecule has 1 aromatic carbocycles. The molecular formula is C17H26N2. The summed E-state index contributed by atoms with van der Waals surface area (Å²) < 4.78 is 0. The van der Waals surface area contributed by atoms with Crippen molar-refractivity contribution < 1.29 is 0 Å². The van der Waals surface area contributed by atoms with Crippen LogP contribution < -0.4 is 5.32 Å². The highest BCUT2D eigenvalue weighted by Crippen LogP contribution is 2.23. The first-order chi connectivity index (χ1) is 9.40. The lowest BCUT2D eigenvalue weighted by molar-refractivity contribution is 0.221. The van der Waals surface area contributed by atoms with Gasteiger partial charge in [0.05, 0.1) is 0 Å². The Balaban J connectivity index is 1.58. The van der Waals surface area contributed by atoms with E-state index < -0.39 is 0 Å². The molecule has 0 spiro atoms. The van der Waals surface area contributed by atoms with E-state index in [2.05, 4.69) is 34.5 Å². The Labute approximate surface area is 117 Å². The standard InChI is InChI=1S/C17H26N2/c1-4-11-19(12-5-1)14-15-7-6-10-17(13-15)18-16-8-2-3-9-16/h6-7,10,13,16,18H,1-5,8-9,11-12,14H2. The second-order valence-corrected chi connectivity index (χ2v) is 6.16. The highest BCUT2D eigenvalue weighted by molar-refractivity contribution is 5.46. The van der Waals surface area contributed by atoms with Gasteiger partial charge in [0.15, 0.2) is 0 Å². The second-order valence-electron chi connectivity index (χ2n) is 6.16. The van der Waals surface area contributed by atoms with Crippen LogP contribution in [0.2, 0.25) is 0 Å². The number of anilines is 1. The molecular weight excluding hydrogens is 232 g/mol. The molecule has 0 radical (unpaired) electrons. The van der Waals surface area contributed by atoms with E-state index in [1.807, 2.05) is 0 Å². The fourth-order valence-electron chi connectivity index (χ4n) is 3.44. The predicted molar refractivity (Wildman–Crippen MR) is 81.4 cm³/mol. The Morgan fingerprint density at radius 1 is 1.00 bits per heavy atom. The highest BCUT2D eigenvalue weighted by Gasteiger charge is 2.15. The van der Waals surface area contributed by atoms with Crippen molar-refractivity contribution in [3.8, 4) is 0 Å². The Hall–Kier alpha value is -1.02. The lowest BCUT2D eigenvalue weighted by atomic mass is 10.1. The monoisotopic (exact) mass is 258 g/mol. The van der Waals surface area contributed by atoms with E-state index in [9.17, 15) is 0 Å². The number of nitrogens with one attached hydrogen (secondary N) is 1. The van der Waals surface area contributed by atoms with Crippen LogP contribution in [0.4, 0.5) is 5.69 Å².